The van der Waals surface area contributed by atoms with Crippen LogP contribution < -0.4 is 4.90 Å². The van der Waals surface area contributed by atoms with Crippen LogP contribution in [0, 0.1) is 0 Å². The second kappa shape index (κ2) is 10.5. The summed E-state index contributed by atoms with van der Waals surface area (Å²) in [5.74, 6) is 0. The van der Waals surface area contributed by atoms with Gasteiger partial charge in [-0.15, -0.1) is 11.3 Å². The highest BCUT2D eigenvalue weighted by molar-refractivity contribution is 9.08. The third-order valence-electron chi connectivity index (χ3n) is 6.04. The van der Waals surface area contributed by atoms with E-state index in [0.717, 1.165) is 54.1 Å². The highest BCUT2D eigenvalue weighted by atomic mass is 79.9. The van der Waals surface area contributed by atoms with Crippen LogP contribution in [0.25, 0.3) is 0 Å². The highest BCUT2D eigenvalue weighted by Crippen LogP contribution is 2.30. The summed E-state index contributed by atoms with van der Waals surface area (Å²) in [6.07, 6.45) is 4.38. The van der Waals surface area contributed by atoms with Crippen molar-refractivity contribution in [3.05, 3.63) is 76.3 Å². The summed E-state index contributed by atoms with van der Waals surface area (Å²) in [5.41, 5.74) is 4.81. The van der Waals surface area contributed by atoms with Gasteiger partial charge in [0.05, 0.1) is 15.8 Å². The van der Waals surface area contributed by atoms with E-state index in [1.807, 2.05) is 12.1 Å². The number of nitrogens with zero attached hydrogens (tertiary/aromatic N) is 2. The lowest BCUT2D eigenvalue weighted by Gasteiger charge is -2.31. The maximum absolute atomic E-state index is 13.1. The molecule has 0 unspecified atom stereocenters. The second-order valence-corrected chi connectivity index (χ2v) is 12.0. The van der Waals surface area contributed by atoms with Gasteiger partial charge in [0.15, 0.2) is 15.0 Å². The molecule has 3 aromatic rings. The van der Waals surface area contributed by atoms with E-state index in [4.69, 9.17) is 4.98 Å². The Hall–Kier alpha value is -1.70. The van der Waals surface area contributed by atoms with E-state index >= 15 is 0 Å². The number of hydrogen-bond acceptors (Lipinski definition) is 5. The number of hydrogen-bond donors (Lipinski definition) is 0. The van der Waals surface area contributed by atoms with E-state index in [2.05, 4.69) is 57.4 Å². The van der Waals surface area contributed by atoms with Gasteiger partial charge in [0.1, 0.15) is 0 Å². The second-order valence-electron chi connectivity index (χ2n) is 8.37. The first-order valence-electron chi connectivity index (χ1n) is 11.2. The van der Waals surface area contributed by atoms with Crippen LogP contribution >= 0.6 is 27.3 Å². The molecule has 0 amide bonds. The predicted molar refractivity (Wildman–Crippen MR) is 137 cm³/mol. The molecule has 0 saturated carbocycles. The van der Waals surface area contributed by atoms with Crippen LogP contribution in [0.15, 0.2) is 58.8 Å². The molecule has 0 spiro atoms. The van der Waals surface area contributed by atoms with Crippen molar-refractivity contribution >= 4 is 42.2 Å². The Morgan fingerprint density at radius 2 is 1.62 bits per heavy atom. The van der Waals surface area contributed by atoms with E-state index in [1.54, 1.807) is 23.5 Å². The summed E-state index contributed by atoms with van der Waals surface area (Å²) in [5, 5.41) is 3.53. The summed E-state index contributed by atoms with van der Waals surface area (Å²) in [7, 11) is -3.29. The van der Waals surface area contributed by atoms with E-state index in [0.29, 0.717) is 17.7 Å². The Morgan fingerprint density at radius 1 is 1.00 bits per heavy atom. The number of alkyl halides is 1. The molecular weight excluding hydrogens is 504 g/mol. The first-order valence-corrected chi connectivity index (χ1v) is 14.7. The molecule has 1 saturated heterocycles. The van der Waals surface area contributed by atoms with Crippen molar-refractivity contribution in [1.82, 2.24) is 4.98 Å². The molecule has 0 N–H and O–H groups in total. The van der Waals surface area contributed by atoms with Crippen molar-refractivity contribution in [2.45, 2.75) is 54.5 Å². The minimum atomic E-state index is -3.29. The van der Waals surface area contributed by atoms with Gasteiger partial charge in [0.25, 0.3) is 0 Å². The fourth-order valence-corrected chi connectivity index (χ4v) is 7.15. The number of benzene rings is 2. The average molecular weight is 534 g/mol. The van der Waals surface area contributed by atoms with Crippen LogP contribution in [0.4, 0.5) is 5.13 Å². The molecule has 170 valence electrons. The summed E-state index contributed by atoms with van der Waals surface area (Å²) in [4.78, 5) is 7.51. The molecule has 2 aromatic carbocycles. The number of anilines is 1. The molecule has 1 aliphatic rings. The fraction of sp³-hybridized carbons (Fsp3) is 0.400. The van der Waals surface area contributed by atoms with E-state index < -0.39 is 9.84 Å². The van der Waals surface area contributed by atoms with Gasteiger partial charge < -0.3 is 4.90 Å². The van der Waals surface area contributed by atoms with Crippen molar-refractivity contribution < 1.29 is 8.42 Å². The van der Waals surface area contributed by atoms with Gasteiger partial charge in [-0.1, -0.05) is 65.7 Å². The molecule has 2 heterocycles. The summed E-state index contributed by atoms with van der Waals surface area (Å²) in [6, 6.07) is 16.1. The minimum Gasteiger partial charge on any atom is -0.348 e. The molecule has 32 heavy (non-hydrogen) atoms. The van der Waals surface area contributed by atoms with Crippen LogP contribution in [0.5, 0.6) is 0 Å². The number of thiazole rings is 1. The Labute approximate surface area is 203 Å². The third-order valence-corrected chi connectivity index (χ3v) is 9.92. The number of halogens is 1. The Morgan fingerprint density at radius 3 is 2.25 bits per heavy atom. The first-order chi connectivity index (χ1) is 15.5. The fourth-order valence-electron chi connectivity index (χ4n) is 4.16. The van der Waals surface area contributed by atoms with Crippen LogP contribution in [0.2, 0.25) is 0 Å². The van der Waals surface area contributed by atoms with Crippen LogP contribution in [0.3, 0.4) is 0 Å². The number of piperidine rings is 1. The zero-order valence-electron chi connectivity index (χ0n) is 18.3. The summed E-state index contributed by atoms with van der Waals surface area (Å²) >= 11 is 5.06. The molecule has 0 radical (unpaired) electrons. The van der Waals surface area contributed by atoms with E-state index in [9.17, 15) is 8.42 Å². The number of sulfone groups is 1. The molecule has 4 nitrogen and oxygen atoms in total. The van der Waals surface area contributed by atoms with Gasteiger partial charge in [-0.25, -0.2) is 13.4 Å². The van der Waals surface area contributed by atoms with Crippen molar-refractivity contribution in [1.29, 1.82) is 0 Å². The van der Waals surface area contributed by atoms with Crippen molar-refractivity contribution in [3.63, 3.8) is 0 Å². The smallest absolute Gasteiger partial charge is 0.185 e. The minimum absolute atomic E-state index is 0.324. The number of aryl methyl sites for hydroxylation is 1. The molecule has 0 atom stereocenters. The van der Waals surface area contributed by atoms with E-state index in [1.165, 1.54) is 11.1 Å². The largest absolute Gasteiger partial charge is 0.348 e. The number of aromatic nitrogens is 1. The molecule has 0 bridgehead atoms. The van der Waals surface area contributed by atoms with Gasteiger partial charge in [-0.3, -0.25) is 0 Å². The average Bonchev–Trinajstić information content (AvgIpc) is 3.29. The normalized spacial score (nSPS) is 15.2. The van der Waals surface area contributed by atoms with Crippen LogP contribution in [0.1, 0.15) is 48.6 Å². The maximum Gasteiger partial charge on any atom is 0.185 e. The Kier molecular flexibility index (Phi) is 7.69. The molecule has 1 aromatic heterocycles. The predicted octanol–water partition coefficient (Wildman–Crippen LogP) is 6.02. The molecule has 7 heteroatoms. The van der Waals surface area contributed by atoms with Crippen molar-refractivity contribution in [2.24, 2.45) is 0 Å². The standard InChI is InChI=1S/C25H29BrN2O2S2/c1-2-3-19-4-6-20(7-5-19)16-22-18-31-25(27-22)28-14-12-24(13-15-28)32(29,30)23-10-8-21(17-26)9-11-23/h4-11,18,24H,2-3,12-17H2,1H3. The zero-order chi connectivity index (χ0) is 22.6. The highest BCUT2D eigenvalue weighted by Gasteiger charge is 2.32. The van der Waals surface area contributed by atoms with Gasteiger partial charge in [0.2, 0.25) is 0 Å². The lowest BCUT2D eigenvalue weighted by Crippen LogP contribution is -2.39. The van der Waals surface area contributed by atoms with Crippen molar-refractivity contribution in [3.8, 4) is 0 Å². The van der Waals surface area contributed by atoms with Crippen molar-refractivity contribution in [2.75, 3.05) is 18.0 Å². The lowest BCUT2D eigenvalue weighted by atomic mass is 10.1. The molecule has 4 rings (SSSR count). The molecular formula is C25H29BrN2O2S2. The Bertz CT molecular complexity index is 1120. The monoisotopic (exact) mass is 532 g/mol. The Balaban J connectivity index is 1.35. The van der Waals surface area contributed by atoms with Gasteiger partial charge in [-0.05, 0) is 48.1 Å². The quantitative estimate of drug-likeness (QED) is 0.332. The van der Waals surface area contributed by atoms with Gasteiger partial charge >= 0.3 is 0 Å². The van der Waals surface area contributed by atoms with Crippen LogP contribution in [-0.4, -0.2) is 31.7 Å². The molecule has 1 fully saturated rings. The number of rotatable bonds is 8. The third kappa shape index (κ3) is 5.43. The molecule has 1 aliphatic heterocycles. The van der Waals surface area contributed by atoms with Gasteiger partial charge in [0, 0.05) is 30.2 Å². The molecule has 0 aliphatic carbocycles. The van der Waals surface area contributed by atoms with E-state index in [-0.39, 0.29) is 5.25 Å². The topological polar surface area (TPSA) is 50.3 Å². The van der Waals surface area contributed by atoms with Gasteiger partial charge in [-0.2, -0.15) is 0 Å². The lowest BCUT2D eigenvalue weighted by molar-refractivity contribution is 0.529. The summed E-state index contributed by atoms with van der Waals surface area (Å²) in [6.45, 7) is 3.65. The van der Waals surface area contributed by atoms with Crippen LogP contribution in [-0.2, 0) is 28.0 Å². The zero-order valence-corrected chi connectivity index (χ0v) is 21.6. The maximum atomic E-state index is 13.1. The first kappa shape index (κ1) is 23.5. The SMILES string of the molecule is CCCc1ccc(Cc2csc(N3CCC(S(=O)(=O)c4ccc(CBr)cc4)CC3)n2)cc1. The summed E-state index contributed by atoms with van der Waals surface area (Å²) < 4.78 is 26.1.